The average molecular weight is 391 g/mol. The third-order valence-corrected chi connectivity index (χ3v) is 5.72. The number of thiophene rings is 1. The summed E-state index contributed by atoms with van der Waals surface area (Å²) in [4.78, 5) is 28.3. The Morgan fingerprint density at radius 2 is 1.86 bits per heavy atom. The molecule has 2 heterocycles. The van der Waals surface area contributed by atoms with Crippen molar-refractivity contribution in [2.75, 3.05) is 23.3 Å². The van der Waals surface area contributed by atoms with Crippen LogP contribution in [-0.4, -0.2) is 25.0 Å². The van der Waals surface area contributed by atoms with Crippen LogP contribution >= 0.6 is 11.3 Å². The van der Waals surface area contributed by atoms with Gasteiger partial charge in [0.25, 0.3) is 5.91 Å². The Labute approximate surface area is 168 Å². The minimum Gasteiger partial charge on any atom is -0.352 e. The summed E-state index contributed by atoms with van der Waals surface area (Å²) in [5, 5.41) is 7.95. The van der Waals surface area contributed by atoms with Gasteiger partial charge in [-0.1, -0.05) is 30.3 Å². The molecule has 0 atom stereocenters. The predicted molar refractivity (Wildman–Crippen MR) is 113 cm³/mol. The zero-order valence-corrected chi connectivity index (χ0v) is 16.2. The summed E-state index contributed by atoms with van der Waals surface area (Å²) >= 11 is 1.69. The van der Waals surface area contributed by atoms with Gasteiger partial charge in [0, 0.05) is 34.9 Å². The molecule has 0 saturated heterocycles. The first kappa shape index (κ1) is 18.3. The summed E-state index contributed by atoms with van der Waals surface area (Å²) in [5.74, 6) is -0.0845. The Morgan fingerprint density at radius 3 is 2.64 bits per heavy atom. The second-order valence-corrected chi connectivity index (χ2v) is 7.62. The smallest absolute Gasteiger partial charge is 0.326 e. The van der Waals surface area contributed by atoms with E-state index >= 15 is 0 Å². The molecular formula is C22H21N3O2S. The first-order valence-corrected chi connectivity index (χ1v) is 10.2. The van der Waals surface area contributed by atoms with E-state index in [4.69, 9.17) is 0 Å². The van der Waals surface area contributed by atoms with Gasteiger partial charge in [-0.2, -0.15) is 0 Å². The number of hydrogen-bond donors (Lipinski definition) is 2. The molecule has 0 aliphatic carbocycles. The highest BCUT2D eigenvalue weighted by molar-refractivity contribution is 7.09. The Hall–Kier alpha value is -3.12. The minimum absolute atomic E-state index is 0.0845. The Kier molecular flexibility index (Phi) is 5.39. The molecule has 1 aromatic heterocycles. The molecule has 0 unspecified atom stereocenters. The van der Waals surface area contributed by atoms with Crippen LogP contribution in [0.15, 0.2) is 66.0 Å². The van der Waals surface area contributed by atoms with E-state index < -0.39 is 0 Å². The van der Waals surface area contributed by atoms with Crippen LogP contribution in [0.1, 0.15) is 20.8 Å². The van der Waals surface area contributed by atoms with E-state index in [0.717, 1.165) is 23.4 Å². The third-order valence-electron chi connectivity index (χ3n) is 4.78. The Morgan fingerprint density at radius 1 is 1.00 bits per heavy atom. The second-order valence-electron chi connectivity index (χ2n) is 6.59. The molecule has 0 saturated carbocycles. The lowest BCUT2D eigenvalue weighted by Gasteiger charge is -2.18. The number of carbonyl (C=O) groups is 2. The molecule has 5 nitrogen and oxygen atoms in total. The van der Waals surface area contributed by atoms with Crippen molar-refractivity contribution in [3.05, 3.63) is 82.0 Å². The predicted octanol–water partition coefficient (Wildman–Crippen LogP) is 4.32. The zero-order chi connectivity index (χ0) is 19.3. The number of amides is 3. The van der Waals surface area contributed by atoms with Gasteiger partial charge in [-0.05, 0) is 54.1 Å². The first-order valence-electron chi connectivity index (χ1n) is 9.28. The Bertz CT molecular complexity index is 971. The number of rotatable bonds is 5. The molecule has 1 aliphatic heterocycles. The summed E-state index contributed by atoms with van der Waals surface area (Å²) in [6, 6.07) is 18.8. The number of carbonyl (C=O) groups excluding carboxylic acids is 2. The molecule has 0 radical (unpaired) electrons. The summed E-state index contributed by atoms with van der Waals surface area (Å²) in [6.07, 6.45) is 1.50. The van der Waals surface area contributed by atoms with Crippen LogP contribution in [-0.2, 0) is 12.8 Å². The molecule has 0 fully saturated rings. The van der Waals surface area contributed by atoms with E-state index in [2.05, 4.69) is 16.7 Å². The van der Waals surface area contributed by atoms with Crippen LogP contribution in [0.3, 0.4) is 0 Å². The lowest BCUT2D eigenvalue weighted by Crippen LogP contribution is -2.33. The standard InChI is InChI=1S/C22H21N3O2S/c26-21(23-13-11-17-8-5-15-28-17)19-9-4-10-20-18(19)12-14-25(20)22(27)24-16-6-2-1-3-7-16/h1-10,15H,11-14H2,(H,23,26)(H,24,27). The lowest BCUT2D eigenvalue weighted by atomic mass is 10.0. The van der Waals surface area contributed by atoms with Gasteiger partial charge >= 0.3 is 6.03 Å². The van der Waals surface area contributed by atoms with Crippen LogP contribution < -0.4 is 15.5 Å². The van der Waals surface area contributed by atoms with E-state index in [1.165, 1.54) is 4.88 Å². The minimum atomic E-state index is -0.180. The Balaban J connectivity index is 1.44. The SMILES string of the molecule is O=C(NCCc1cccs1)c1cccc2c1CCN2C(=O)Nc1ccccc1. The van der Waals surface area contributed by atoms with E-state index in [-0.39, 0.29) is 11.9 Å². The normalized spacial score (nSPS) is 12.5. The fourth-order valence-corrected chi connectivity index (χ4v) is 4.13. The van der Waals surface area contributed by atoms with Gasteiger partial charge in [0.2, 0.25) is 0 Å². The van der Waals surface area contributed by atoms with Gasteiger partial charge in [0.15, 0.2) is 0 Å². The first-order chi connectivity index (χ1) is 13.7. The van der Waals surface area contributed by atoms with Gasteiger partial charge in [0.05, 0.1) is 0 Å². The summed E-state index contributed by atoms with van der Waals surface area (Å²) < 4.78 is 0. The lowest BCUT2D eigenvalue weighted by molar-refractivity contribution is 0.0953. The third kappa shape index (κ3) is 3.92. The molecule has 2 aromatic carbocycles. The molecule has 0 bridgehead atoms. The van der Waals surface area contributed by atoms with Gasteiger partial charge in [-0.3, -0.25) is 9.69 Å². The van der Waals surface area contributed by atoms with Gasteiger partial charge in [-0.25, -0.2) is 4.79 Å². The molecule has 1 aliphatic rings. The maximum Gasteiger partial charge on any atom is 0.326 e. The molecule has 28 heavy (non-hydrogen) atoms. The van der Waals surface area contributed by atoms with Crippen LogP contribution in [0.25, 0.3) is 0 Å². The highest BCUT2D eigenvalue weighted by Gasteiger charge is 2.28. The number of fused-ring (bicyclic) bond motifs is 1. The van der Waals surface area contributed by atoms with Crippen molar-refractivity contribution in [1.82, 2.24) is 5.32 Å². The number of para-hydroxylation sites is 1. The van der Waals surface area contributed by atoms with Crippen LogP contribution in [0.5, 0.6) is 0 Å². The molecule has 6 heteroatoms. The molecule has 142 valence electrons. The van der Waals surface area contributed by atoms with Crippen LogP contribution in [0.4, 0.5) is 16.2 Å². The number of hydrogen-bond acceptors (Lipinski definition) is 3. The number of anilines is 2. The number of benzene rings is 2. The largest absolute Gasteiger partial charge is 0.352 e. The monoisotopic (exact) mass is 391 g/mol. The van der Waals surface area contributed by atoms with Crippen molar-refractivity contribution in [3.63, 3.8) is 0 Å². The number of nitrogens with zero attached hydrogens (tertiary/aromatic N) is 1. The summed E-state index contributed by atoms with van der Waals surface area (Å²) in [7, 11) is 0. The van der Waals surface area contributed by atoms with Crippen LogP contribution in [0.2, 0.25) is 0 Å². The average Bonchev–Trinajstić information content (AvgIpc) is 3.38. The number of urea groups is 1. The van der Waals surface area contributed by atoms with Gasteiger partial charge in [0.1, 0.15) is 0 Å². The quantitative estimate of drug-likeness (QED) is 0.681. The summed E-state index contributed by atoms with van der Waals surface area (Å²) in [6.45, 7) is 1.16. The molecule has 4 rings (SSSR count). The topological polar surface area (TPSA) is 61.4 Å². The fourth-order valence-electron chi connectivity index (χ4n) is 3.42. The van der Waals surface area contributed by atoms with Gasteiger partial charge < -0.3 is 10.6 Å². The van der Waals surface area contributed by atoms with Crippen molar-refractivity contribution in [3.8, 4) is 0 Å². The van der Waals surface area contributed by atoms with Crippen molar-refractivity contribution in [2.24, 2.45) is 0 Å². The maximum absolute atomic E-state index is 12.7. The molecule has 3 amide bonds. The highest BCUT2D eigenvalue weighted by Crippen LogP contribution is 2.31. The van der Waals surface area contributed by atoms with Gasteiger partial charge in [-0.15, -0.1) is 11.3 Å². The van der Waals surface area contributed by atoms with E-state index in [0.29, 0.717) is 25.1 Å². The van der Waals surface area contributed by atoms with Crippen molar-refractivity contribution < 1.29 is 9.59 Å². The highest BCUT2D eigenvalue weighted by atomic mass is 32.1. The zero-order valence-electron chi connectivity index (χ0n) is 15.4. The number of nitrogens with one attached hydrogen (secondary N) is 2. The molecule has 0 spiro atoms. The van der Waals surface area contributed by atoms with Crippen molar-refractivity contribution >= 4 is 34.6 Å². The molecular weight excluding hydrogens is 370 g/mol. The summed E-state index contributed by atoms with van der Waals surface area (Å²) in [5.41, 5.74) is 3.14. The van der Waals surface area contributed by atoms with Crippen molar-refractivity contribution in [2.45, 2.75) is 12.8 Å². The second kappa shape index (κ2) is 8.27. The van der Waals surface area contributed by atoms with E-state index in [1.54, 1.807) is 16.2 Å². The van der Waals surface area contributed by atoms with E-state index in [9.17, 15) is 9.59 Å². The fraction of sp³-hybridized carbons (Fsp3) is 0.182. The van der Waals surface area contributed by atoms with Crippen LogP contribution in [0, 0.1) is 0 Å². The molecule has 2 N–H and O–H groups in total. The maximum atomic E-state index is 12.7. The van der Waals surface area contributed by atoms with Crippen molar-refractivity contribution in [1.29, 1.82) is 0 Å². The molecule has 3 aromatic rings. The van der Waals surface area contributed by atoms with E-state index in [1.807, 2.05) is 60.0 Å².